The number of hydrogen-bond donors (Lipinski definition) is 2. The lowest BCUT2D eigenvalue weighted by atomic mass is 10.2. The van der Waals surface area contributed by atoms with Gasteiger partial charge in [0.05, 0.1) is 15.6 Å². The van der Waals surface area contributed by atoms with E-state index in [1.54, 1.807) is 12.1 Å². The van der Waals surface area contributed by atoms with Gasteiger partial charge in [-0.2, -0.15) is 5.10 Å². The van der Waals surface area contributed by atoms with Gasteiger partial charge in [0, 0.05) is 27.7 Å². The molecule has 140 valence electrons. The van der Waals surface area contributed by atoms with Crippen molar-refractivity contribution < 1.29 is 19.2 Å². The number of carbonyl (C=O) groups is 2. The van der Waals surface area contributed by atoms with Crippen molar-refractivity contribution in [2.75, 3.05) is 6.61 Å². The molecule has 0 aromatic heterocycles. The Kier molecular flexibility index (Phi) is 7.02. The molecule has 2 amide bonds. The van der Waals surface area contributed by atoms with Crippen molar-refractivity contribution in [2.24, 2.45) is 10.8 Å². The van der Waals surface area contributed by atoms with Crippen LogP contribution in [0, 0.1) is 10.1 Å². The first-order valence-electron chi connectivity index (χ1n) is 7.26. The monoisotopic (exact) mass is 498 g/mol. The van der Waals surface area contributed by atoms with Gasteiger partial charge in [-0.1, -0.05) is 15.9 Å². The van der Waals surface area contributed by atoms with Crippen LogP contribution in [0.1, 0.15) is 15.9 Å². The van der Waals surface area contributed by atoms with Crippen LogP contribution in [0.2, 0.25) is 0 Å². The Labute approximate surface area is 170 Å². The van der Waals surface area contributed by atoms with E-state index in [9.17, 15) is 19.7 Å². The highest BCUT2D eigenvalue weighted by Gasteiger charge is 2.11. The summed E-state index contributed by atoms with van der Waals surface area (Å²) in [5, 5.41) is 14.5. The summed E-state index contributed by atoms with van der Waals surface area (Å²) in [7, 11) is 0. The summed E-state index contributed by atoms with van der Waals surface area (Å²) in [6, 6.07) is 8.46. The highest BCUT2D eigenvalue weighted by Crippen LogP contribution is 2.32. The van der Waals surface area contributed by atoms with Crippen LogP contribution in [0.25, 0.3) is 0 Å². The maximum atomic E-state index is 12.0. The second-order valence-electron chi connectivity index (χ2n) is 5.06. The Morgan fingerprint density at radius 2 is 1.93 bits per heavy atom. The van der Waals surface area contributed by atoms with Crippen LogP contribution in [0.5, 0.6) is 5.75 Å². The van der Waals surface area contributed by atoms with Gasteiger partial charge in [-0.3, -0.25) is 19.7 Å². The lowest BCUT2D eigenvalue weighted by Crippen LogP contribution is -2.21. The molecule has 0 saturated heterocycles. The van der Waals surface area contributed by atoms with Crippen molar-refractivity contribution >= 4 is 55.6 Å². The molecule has 0 saturated carbocycles. The minimum absolute atomic E-state index is 0.120. The van der Waals surface area contributed by atoms with Gasteiger partial charge in [0.15, 0.2) is 6.61 Å². The van der Waals surface area contributed by atoms with Crippen LogP contribution < -0.4 is 15.9 Å². The van der Waals surface area contributed by atoms with E-state index in [1.807, 2.05) is 0 Å². The van der Waals surface area contributed by atoms with Crippen molar-refractivity contribution in [1.82, 2.24) is 5.43 Å². The summed E-state index contributed by atoms with van der Waals surface area (Å²) < 4.78 is 6.62. The number of nitro benzene ring substituents is 1. The van der Waals surface area contributed by atoms with Crippen molar-refractivity contribution in [2.45, 2.75) is 0 Å². The highest BCUT2D eigenvalue weighted by molar-refractivity contribution is 9.11. The molecular formula is C16H12Br2N4O5. The smallest absolute Gasteiger partial charge is 0.271 e. The fourth-order valence-corrected chi connectivity index (χ4v) is 3.30. The number of nitrogens with one attached hydrogen (secondary N) is 1. The molecule has 11 heteroatoms. The maximum absolute atomic E-state index is 12.0. The van der Waals surface area contributed by atoms with Crippen LogP contribution >= 0.6 is 31.9 Å². The number of nitro groups is 1. The van der Waals surface area contributed by atoms with E-state index in [-0.39, 0.29) is 17.9 Å². The van der Waals surface area contributed by atoms with Gasteiger partial charge in [0.1, 0.15) is 5.75 Å². The summed E-state index contributed by atoms with van der Waals surface area (Å²) in [6.45, 7) is -0.323. The zero-order chi connectivity index (χ0) is 20.0. The van der Waals surface area contributed by atoms with Gasteiger partial charge in [0.25, 0.3) is 17.5 Å². The zero-order valence-corrected chi connectivity index (χ0v) is 16.7. The summed E-state index contributed by atoms with van der Waals surface area (Å²) in [5.41, 5.74) is 7.95. The van der Waals surface area contributed by atoms with E-state index in [2.05, 4.69) is 42.4 Å². The molecule has 0 aliphatic carbocycles. The fraction of sp³-hybridized carbons (Fsp3) is 0.0625. The summed E-state index contributed by atoms with van der Waals surface area (Å²) in [6.07, 6.45) is 1.33. The summed E-state index contributed by atoms with van der Waals surface area (Å²) >= 11 is 6.63. The second-order valence-corrected chi connectivity index (χ2v) is 6.83. The number of ether oxygens (including phenoxy) is 1. The number of nitrogens with zero attached hydrogens (tertiary/aromatic N) is 2. The molecule has 9 nitrogen and oxygen atoms in total. The van der Waals surface area contributed by atoms with E-state index in [4.69, 9.17) is 10.5 Å². The zero-order valence-electron chi connectivity index (χ0n) is 13.5. The van der Waals surface area contributed by atoms with E-state index in [1.165, 1.54) is 30.5 Å². The Morgan fingerprint density at radius 1 is 1.26 bits per heavy atom. The lowest BCUT2D eigenvalue weighted by molar-refractivity contribution is -0.384. The molecule has 2 rings (SSSR count). The molecule has 0 unspecified atom stereocenters. The van der Waals surface area contributed by atoms with Crippen molar-refractivity contribution in [3.63, 3.8) is 0 Å². The third-order valence-corrected chi connectivity index (χ3v) is 4.15. The minimum Gasteiger partial charge on any atom is -0.482 e. The van der Waals surface area contributed by atoms with E-state index < -0.39 is 16.7 Å². The number of nitrogens with two attached hydrogens (primary N) is 1. The molecule has 0 atom stereocenters. The predicted molar refractivity (Wildman–Crippen MR) is 105 cm³/mol. The standard InChI is InChI=1S/C16H12Br2N4O5/c17-11-5-10(15(13(18)6-11)27-8-14(19)23)7-20-21-16(24)9-1-3-12(4-2-9)22(25)26/h1-7H,8H2,(H2,19,23)(H,21,24)/b20-7+. The van der Waals surface area contributed by atoms with Gasteiger partial charge in [-0.05, 0) is 40.2 Å². The number of hydrazone groups is 1. The quantitative estimate of drug-likeness (QED) is 0.342. The number of rotatable bonds is 7. The number of halogens is 2. The lowest BCUT2D eigenvalue weighted by Gasteiger charge is -2.10. The van der Waals surface area contributed by atoms with E-state index in [0.717, 1.165) is 0 Å². The van der Waals surface area contributed by atoms with Crippen molar-refractivity contribution in [3.8, 4) is 5.75 Å². The molecule has 0 heterocycles. The molecule has 3 N–H and O–H groups in total. The van der Waals surface area contributed by atoms with Crippen LogP contribution in [0.3, 0.4) is 0 Å². The molecule has 2 aromatic carbocycles. The van der Waals surface area contributed by atoms with E-state index >= 15 is 0 Å². The average molecular weight is 500 g/mol. The van der Waals surface area contributed by atoms with Gasteiger partial charge in [-0.15, -0.1) is 0 Å². The number of primary amides is 1. The SMILES string of the molecule is NC(=O)COc1c(Br)cc(Br)cc1/C=N/NC(=O)c1ccc([N+](=O)[O-])cc1. The molecular weight excluding hydrogens is 488 g/mol. The second kappa shape index (κ2) is 9.24. The number of amides is 2. The number of non-ortho nitro benzene ring substituents is 1. The highest BCUT2D eigenvalue weighted by atomic mass is 79.9. The fourth-order valence-electron chi connectivity index (χ4n) is 1.93. The summed E-state index contributed by atoms with van der Waals surface area (Å²) in [4.78, 5) is 33.0. The van der Waals surface area contributed by atoms with Gasteiger partial charge in [-0.25, -0.2) is 5.43 Å². The predicted octanol–water partition coefficient (Wildman–Crippen LogP) is 2.75. The number of carbonyl (C=O) groups excluding carboxylic acids is 2. The first kappa shape index (κ1) is 20.5. The third kappa shape index (κ3) is 5.86. The molecule has 0 spiro atoms. The minimum atomic E-state index is -0.640. The Morgan fingerprint density at radius 3 is 2.52 bits per heavy atom. The summed E-state index contributed by atoms with van der Waals surface area (Å²) in [5.74, 6) is -0.862. The van der Waals surface area contributed by atoms with Gasteiger partial charge < -0.3 is 10.5 Å². The first-order chi connectivity index (χ1) is 12.8. The van der Waals surface area contributed by atoms with Crippen molar-refractivity contribution in [3.05, 3.63) is 66.6 Å². The normalized spacial score (nSPS) is 10.6. The van der Waals surface area contributed by atoms with E-state index in [0.29, 0.717) is 20.3 Å². The number of hydrogen-bond acceptors (Lipinski definition) is 6. The molecule has 0 aliphatic heterocycles. The van der Waals surface area contributed by atoms with Gasteiger partial charge >= 0.3 is 0 Å². The largest absolute Gasteiger partial charge is 0.482 e. The molecule has 2 aromatic rings. The van der Waals surface area contributed by atoms with Crippen LogP contribution in [-0.2, 0) is 4.79 Å². The van der Waals surface area contributed by atoms with Crippen LogP contribution in [-0.4, -0.2) is 29.6 Å². The molecule has 0 aliphatic rings. The number of benzene rings is 2. The molecule has 0 bridgehead atoms. The van der Waals surface area contributed by atoms with Gasteiger partial charge in [0.2, 0.25) is 0 Å². The first-order valence-corrected chi connectivity index (χ1v) is 8.84. The average Bonchev–Trinajstić information content (AvgIpc) is 2.60. The van der Waals surface area contributed by atoms with Crippen LogP contribution in [0.15, 0.2) is 50.4 Å². The Bertz CT molecular complexity index is 916. The van der Waals surface area contributed by atoms with Crippen LogP contribution in [0.4, 0.5) is 5.69 Å². The molecule has 27 heavy (non-hydrogen) atoms. The Balaban J connectivity index is 2.13. The Hall–Kier alpha value is -2.79. The topological polar surface area (TPSA) is 137 Å². The maximum Gasteiger partial charge on any atom is 0.271 e. The molecule has 0 radical (unpaired) electrons. The van der Waals surface area contributed by atoms with Crippen molar-refractivity contribution in [1.29, 1.82) is 0 Å². The third-order valence-electron chi connectivity index (χ3n) is 3.11. The molecule has 0 fully saturated rings.